The van der Waals surface area contributed by atoms with Crippen molar-refractivity contribution in [3.63, 3.8) is 0 Å². The summed E-state index contributed by atoms with van der Waals surface area (Å²) in [7, 11) is 0. The first-order chi connectivity index (χ1) is 8.18. The second-order valence-electron chi connectivity index (χ2n) is 3.90. The number of benzene rings is 1. The number of aliphatic carboxylic acids is 1. The van der Waals surface area contributed by atoms with Crippen LogP contribution in [0.2, 0.25) is 0 Å². The molecule has 1 aromatic carbocycles. The van der Waals surface area contributed by atoms with Crippen LogP contribution in [0.3, 0.4) is 0 Å². The Labute approximate surface area is 107 Å². The van der Waals surface area contributed by atoms with Gasteiger partial charge >= 0.3 is 5.97 Å². The predicted octanol–water partition coefficient (Wildman–Crippen LogP) is 2.41. The Morgan fingerprint density at radius 3 is 2.71 bits per heavy atom. The van der Waals surface area contributed by atoms with Crippen molar-refractivity contribution in [1.29, 1.82) is 0 Å². The van der Waals surface area contributed by atoms with E-state index in [4.69, 9.17) is 9.84 Å². The third-order valence-electron chi connectivity index (χ3n) is 2.38. The van der Waals surface area contributed by atoms with E-state index in [1.807, 2.05) is 18.2 Å². The Kier molecular flexibility index (Phi) is 6.74. The number of hydrogen-bond acceptors (Lipinski definition) is 3. The van der Waals surface area contributed by atoms with Crippen molar-refractivity contribution < 1.29 is 14.6 Å². The Balaban J connectivity index is 2.06. The average Bonchev–Trinajstić information content (AvgIpc) is 2.33. The highest BCUT2D eigenvalue weighted by molar-refractivity contribution is 7.81. The van der Waals surface area contributed by atoms with Crippen molar-refractivity contribution in [2.24, 2.45) is 0 Å². The highest BCUT2D eigenvalue weighted by Gasteiger charge is 2.06. The Bertz CT molecular complexity index is 327. The topological polar surface area (TPSA) is 46.5 Å². The third-order valence-corrected chi connectivity index (χ3v) is 2.79. The first kappa shape index (κ1) is 14.1. The van der Waals surface area contributed by atoms with E-state index in [9.17, 15) is 4.79 Å². The van der Waals surface area contributed by atoms with Crippen molar-refractivity contribution in [1.82, 2.24) is 0 Å². The normalized spacial score (nSPS) is 12.3. The zero-order valence-electron chi connectivity index (χ0n) is 9.71. The number of carboxylic acid groups (broad SMARTS) is 1. The van der Waals surface area contributed by atoms with Crippen molar-refractivity contribution in [3.05, 3.63) is 35.9 Å². The minimum Gasteiger partial charge on any atom is -0.481 e. The van der Waals surface area contributed by atoms with Crippen LogP contribution in [0.25, 0.3) is 0 Å². The van der Waals surface area contributed by atoms with Crippen LogP contribution >= 0.6 is 12.6 Å². The first-order valence-corrected chi connectivity index (χ1v) is 6.21. The quantitative estimate of drug-likeness (QED) is 0.553. The number of thiol groups is 1. The maximum atomic E-state index is 10.3. The molecule has 94 valence electrons. The van der Waals surface area contributed by atoms with Crippen molar-refractivity contribution >= 4 is 18.6 Å². The maximum absolute atomic E-state index is 10.3. The summed E-state index contributed by atoms with van der Waals surface area (Å²) in [5.41, 5.74) is 1.24. The fourth-order valence-corrected chi connectivity index (χ4v) is 1.66. The summed E-state index contributed by atoms with van der Waals surface area (Å²) in [5, 5.41) is 8.51. The van der Waals surface area contributed by atoms with Gasteiger partial charge in [-0.05, 0) is 18.4 Å². The molecule has 0 radical (unpaired) electrons. The Morgan fingerprint density at radius 2 is 2.06 bits per heavy atom. The molecule has 0 spiro atoms. The van der Waals surface area contributed by atoms with Gasteiger partial charge in [-0.1, -0.05) is 30.3 Å². The minimum atomic E-state index is -0.784. The minimum absolute atomic E-state index is 0.00173. The van der Waals surface area contributed by atoms with Gasteiger partial charge in [-0.2, -0.15) is 12.6 Å². The third kappa shape index (κ3) is 7.02. The molecule has 0 saturated carbocycles. The van der Waals surface area contributed by atoms with Crippen LogP contribution in [0.15, 0.2) is 30.3 Å². The molecule has 0 bridgehead atoms. The van der Waals surface area contributed by atoms with Crippen LogP contribution < -0.4 is 0 Å². The summed E-state index contributed by atoms with van der Waals surface area (Å²) < 4.78 is 5.46. The zero-order valence-corrected chi connectivity index (χ0v) is 10.6. The average molecular weight is 254 g/mol. The molecular weight excluding hydrogens is 236 g/mol. The lowest BCUT2D eigenvalue weighted by Gasteiger charge is -2.10. The molecule has 4 heteroatoms. The fraction of sp³-hybridized carbons (Fsp3) is 0.462. The molecule has 1 rings (SSSR count). The Morgan fingerprint density at radius 1 is 1.35 bits per heavy atom. The van der Waals surface area contributed by atoms with E-state index in [0.717, 1.165) is 6.42 Å². The van der Waals surface area contributed by atoms with E-state index in [-0.39, 0.29) is 11.7 Å². The van der Waals surface area contributed by atoms with Gasteiger partial charge in [-0.15, -0.1) is 0 Å². The van der Waals surface area contributed by atoms with E-state index in [1.165, 1.54) is 5.56 Å². The summed E-state index contributed by atoms with van der Waals surface area (Å²) in [6, 6.07) is 10.1. The SMILES string of the molecule is O=C(O)CCC(S)COCCc1ccccc1. The molecule has 0 aliphatic heterocycles. The second kappa shape index (κ2) is 8.14. The van der Waals surface area contributed by atoms with Gasteiger partial charge in [0.05, 0.1) is 13.2 Å². The number of rotatable bonds is 8. The monoisotopic (exact) mass is 254 g/mol. The largest absolute Gasteiger partial charge is 0.481 e. The van der Waals surface area contributed by atoms with Crippen LogP contribution in [0.1, 0.15) is 18.4 Å². The lowest BCUT2D eigenvalue weighted by Crippen LogP contribution is -2.12. The van der Waals surface area contributed by atoms with Crippen LogP contribution in [0, 0.1) is 0 Å². The number of carbonyl (C=O) groups is 1. The van der Waals surface area contributed by atoms with E-state index in [1.54, 1.807) is 0 Å². The molecule has 0 amide bonds. The number of hydrogen-bond donors (Lipinski definition) is 2. The zero-order chi connectivity index (χ0) is 12.5. The summed E-state index contributed by atoms with van der Waals surface area (Å²) in [6.07, 6.45) is 1.57. The fourth-order valence-electron chi connectivity index (χ4n) is 1.43. The Hall–Kier alpha value is -1.00. The highest BCUT2D eigenvalue weighted by atomic mass is 32.1. The van der Waals surface area contributed by atoms with E-state index >= 15 is 0 Å². The molecule has 0 aromatic heterocycles. The second-order valence-corrected chi connectivity index (χ2v) is 4.63. The van der Waals surface area contributed by atoms with Crippen LogP contribution in [-0.2, 0) is 16.0 Å². The smallest absolute Gasteiger partial charge is 0.303 e. The molecular formula is C13H18O3S. The standard InChI is InChI=1S/C13H18O3S/c14-13(15)7-6-12(17)10-16-9-8-11-4-2-1-3-5-11/h1-5,12,17H,6-10H2,(H,14,15). The molecule has 3 nitrogen and oxygen atoms in total. The predicted molar refractivity (Wildman–Crippen MR) is 70.6 cm³/mol. The molecule has 0 aliphatic carbocycles. The lowest BCUT2D eigenvalue weighted by atomic mass is 10.2. The van der Waals surface area contributed by atoms with Gasteiger partial charge in [0.1, 0.15) is 0 Å². The molecule has 0 aliphatic rings. The maximum Gasteiger partial charge on any atom is 0.303 e. The van der Waals surface area contributed by atoms with E-state index in [2.05, 4.69) is 24.8 Å². The summed E-state index contributed by atoms with van der Waals surface area (Å²) in [5.74, 6) is -0.784. The lowest BCUT2D eigenvalue weighted by molar-refractivity contribution is -0.137. The number of carboxylic acids is 1. The van der Waals surface area contributed by atoms with Crippen molar-refractivity contribution in [2.75, 3.05) is 13.2 Å². The molecule has 1 atom stereocenters. The summed E-state index contributed by atoms with van der Waals surface area (Å²) in [6.45, 7) is 1.15. The van der Waals surface area contributed by atoms with E-state index in [0.29, 0.717) is 19.6 Å². The van der Waals surface area contributed by atoms with Crippen LogP contribution in [-0.4, -0.2) is 29.5 Å². The molecule has 17 heavy (non-hydrogen) atoms. The van der Waals surface area contributed by atoms with Gasteiger partial charge in [0.2, 0.25) is 0 Å². The van der Waals surface area contributed by atoms with Gasteiger partial charge in [0.15, 0.2) is 0 Å². The van der Waals surface area contributed by atoms with Crippen LogP contribution in [0.4, 0.5) is 0 Å². The highest BCUT2D eigenvalue weighted by Crippen LogP contribution is 2.06. The molecule has 1 N–H and O–H groups in total. The molecule has 1 aromatic rings. The molecule has 0 saturated heterocycles. The summed E-state index contributed by atoms with van der Waals surface area (Å²) >= 11 is 4.28. The molecule has 0 fully saturated rings. The van der Waals surface area contributed by atoms with Gasteiger partial charge in [-0.3, -0.25) is 4.79 Å². The van der Waals surface area contributed by atoms with E-state index < -0.39 is 5.97 Å². The summed E-state index contributed by atoms with van der Waals surface area (Å²) in [4.78, 5) is 10.3. The molecule has 0 heterocycles. The molecule has 1 unspecified atom stereocenters. The van der Waals surface area contributed by atoms with Crippen molar-refractivity contribution in [2.45, 2.75) is 24.5 Å². The van der Waals surface area contributed by atoms with Gasteiger partial charge in [0, 0.05) is 11.7 Å². The van der Waals surface area contributed by atoms with Crippen LogP contribution in [0.5, 0.6) is 0 Å². The van der Waals surface area contributed by atoms with Crippen molar-refractivity contribution in [3.8, 4) is 0 Å². The first-order valence-electron chi connectivity index (χ1n) is 5.70. The van der Waals surface area contributed by atoms with Gasteiger partial charge in [-0.25, -0.2) is 0 Å². The number of ether oxygens (including phenoxy) is 1. The van der Waals surface area contributed by atoms with Gasteiger partial charge in [0.25, 0.3) is 0 Å². The van der Waals surface area contributed by atoms with Gasteiger partial charge < -0.3 is 9.84 Å².